The van der Waals surface area contributed by atoms with Gasteiger partial charge < -0.3 is 10.3 Å². The van der Waals surface area contributed by atoms with Gasteiger partial charge in [-0.3, -0.25) is 5.41 Å². The molecule has 4 heteroatoms. The third-order valence-electron chi connectivity index (χ3n) is 1.95. The smallest absolute Gasteiger partial charge is 0.133 e. The molecule has 1 heterocycles. The van der Waals surface area contributed by atoms with Gasteiger partial charge in [-0.05, 0) is 6.07 Å². The molecule has 1 aromatic heterocycles. The number of benzene rings is 1. The predicted octanol–water partition coefficient (Wildman–Crippen LogP) is 1.67. The fourth-order valence-corrected chi connectivity index (χ4v) is 1.21. The third kappa shape index (κ3) is 1.37. The van der Waals surface area contributed by atoms with Crippen LogP contribution in [0.15, 0.2) is 41.2 Å². The van der Waals surface area contributed by atoms with E-state index in [2.05, 4.69) is 9.68 Å². The highest BCUT2D eigenvalue weighted by molar-refractivity contribution is 6.13. The molecule has 0 radical (unpaired) electrons. The summed E-state index contributed by atoms with van der Waals surface area (Å²) in [5.41, 5.74) is 7.96. The molecule has 0 atom stereocenters. The third-order valence-corrected chi connectivity index (χ3v) is 1.95. The summed E-state index contributed by atoms with van der Waals surface area (Å²) in [4.78, 5) is 0. The molecular weight excluding hydrogens is 178 g/mol. The fourth-order valence-electron chi connectivity index (χ4n) is 1.21. The van der Waals surface area contributed by atoms with Crippen molar-refractivity contribution in [3.8, 4) is 0 Å². The predicted molar refractivity (Wildman–Crippen MR) is 53.3 cm³/mol. The van der Waals surface area contributed by atoms with Crippen molar-refractivity contribution in [3.63, 3.8) is 0 Å². The Hall–Kier alpha value is -2.10. The van der Waals surface area contributed by atoms with E-state index in [1.807, 2.05) is 12.1 Å². The van der Waals surface area contributed by atoms with Crippen LogP contribution in [0, 0.1) is 5.41 Å². The first-order valence-corrected chi connectivity index (χ1v) is 4.12. The molecule has 2 aromatic rings. The summed E-state index contributed by atoms with van der Waals surface area (Å²) < 4.78 is 4.67. The van der Waals surface area contributed by atoms with Crippen LogP contribution in [0.25, 0.3) is 0 Å². The van der Waals surface area contributed by atoms with Gasteiger partial charge in [-0.1, -0.05) is 23.4 Å². The van der Waals surface area contributed by atoms with E-state index in [9.17, 15) is 0 Å². The largest absolute Gasteiger partial charge is 0.398 e. The summed E-state index contributed by atoms with van der Waals surface area (Å²) in [6.07, 6.45) is 2.92. The number of para-hydroxylation sites is 1. The van der Waals surface area contributed by atoms with Gasteiger partial charge >= 0.3 is 0 Å². The standard InChI is InChI=1S/C10H9N3O/c11-9-4-2-1-3-8(9)10(12)7-5-13-14-6-7/h1-6,12H,11H2. The molecule has 4 nitrogen and oxygen atoms in total. The number of hydrogen-bond donors (Lipinski definition) is 2. The maximum absolute atomic E-state index is 7.85. The number of rotatable bonds is 2. The number of hydrogen-bond acceptors (Lipinski definition) is 4. The van der Waals surface area contributed by atoms with Crippen LogP contribution in [0.3, 0.4) is 0 Å². The van der Waals surface area contributed by atoms with Gasteiger partial charge in [0.05, 0.1) is 17.5 Å². The van der Waals surface area contributed by atoms with Crippen molar-refractivity contribution >= 4 is 11.4 Å². The quantitative estimate of drug-likeness (QED) is 0.554. The highest BCUT2D eigenvalue weighted by atomic mass is 16.5. The van der Waals surface area contributed by atoms with E-state index in [1.54, 1.807) is 12.1 Å². The van der Waals surface area contributed by atoms with Crippen molar-refractivity contribution in [3.05, 3.63) is 47.9 Å². The first-order valence-electron chi connectivity index (χ1n) is 4.12. The van der Waals surface area contributed by atoms with Gasteiger partial charge in [-0.2, -0.15) is 0 Å². The number of anilines is 1. The summed E-state index contributed by atoms with van der Waals surface area (Å²) >= 11 is 0. The minimum atomic E-state index is 0.323. The maximum Gasteiger partial charge on any atom is 0.133 e. The van der Waals surface area contributed by atoms with Gasteiger partial charge in [0.25, 0.3) is 0 Å². The highest BCUT2D eigenvalue weighted by Crippen LogP contribution is 2.15. The van der Waals surface area contributed by atoms with Crippen molar-refractivity contribution < 1.29 is 4.52 Å². The number of nitrogens with zero attached hydrogens (tertiary/aromatic N) is 1. The molecule has 0 aliphatic heterocycles. The Bertz CT molecular complexity index is 448. The monoisotopic (exact) mass is 187 g/mol. The van der Waals surface area contributed by atoms with Gasteiger partial charge in [-0.25, -0.2) is 0 Å². The van der Waals surface area contributed by atoms with Crippen LogP contribution >= 0.6 is 0 Å². The zero-order valence-electron chi connectivity index (χ0n) is 7.40. The Labute approximate surface area is 80.8 Å². The molecular formula is C10H9N3O. The molecule has 0 bridgehead atoms. The number of nitrogen functional groups attached to an aromatic ring is 1. The van der Waals surface area contributed by atoms with Gasteiger partial charge in [0, 0.05) is 11.3 Å². The molecule has 70 valence electrons. The van der Waals surface area contributed by atoms with Crippen LogP contribution in [0.4, 0.5) is 5.69 Å². The Kier molecular flexibility index (Phi) is 2.02. The summed E-state index contributed by atoms with van der Waals surface area (Å²) in [7, 11) is 0. The Morgan fingerprint density at radius 1 is 1.36 bits per heavy atom. The lowest BCUT2D eigenvalue weighted by atomic mass is 10.0. The van der Waals surface area contributed by atoms with E-state index < -0.39 is 0 Å². The van der Waals surface area contributed by atoms with Crippen molar-refractivity contribution in [2.24, 2.45) is 0 Å². The van der Waals surface area contributed by atoms with Crippen LogP contribution in [0.1, 0.15) is 11.1 Å². The van der Waals surface area contributed by atoms with E-state index in [-0.39, 0.29) is 0 Å². The molecule has 2 rings (SSSR count). The van der Waals surface area contributed by atoms with Gasteiger partial charge in [0.1, 0.15) is 6.26 Å². The zero-order valence-corrected chi connectivity index (χ0v) is 7.40. The Morgan fingerprint density at radius 2 is 2.14 bits per heavy atom. The molecule has 14 heavy (non-hydrogen) atoms. The minimum absolute atomic E-state index is 0.323. The summed E-state index contributed by atoms with van der Waals surface area (Å²) in [6.45, 7) is 0. The summed E-state index contributed by atoms with van der Waals surface area (Å²) in [5.74, 6) is 0. The molecule has 3 N–H and O–H groups in total. The molecule has 0 unspecified atom stereocenters. The average Bonchev–Trinajstić information content (AvgIpc) is 2.70. The number of nitrogens with one attached hydrogen (secondary N) is 1. The molecule has 0 fully saturated rings. The van der Waals surface area contributed by atoms with Crippen LogP contribution in [-0.4, -0.2) is 10.9 Å². The van der Waals surface area contributed by atoms with Crippen molar-refractivity contribution in [2.75, 3.05) is 5.73 Å². The van der Waals surface area contributed by atoms with Crippen LogP contribution < -0.4 is 5.73 Å². The van der Waals surface area contributed by atoms with E-state index >= 15 is 0 Å². The molecule has 0 aliphatic rings. The Morgan fingerprint density at radius 3 is 2.79 bits per heavy atom. The second-order valence-electron chi connectivity index (χ2n) is 2.88. The maximum atomic E-state index is 7.85. The lowest BCUT2D eigenvalue weighted by molar-refractivity contribution is 0.419. The molecule has 0 amide bonds. The second-order valence-corrected chi connectivity index (χ2v) is 2.88. The second kappa shape index (κ2) is 3.33. The SMILES string of the molecule is N=C(c1cnoc1)c1ccccc1N. The first kappa shape index (κ1) is 8.50. The van der Waals surface area contributed by atoms with Crippen molar-refractivity contribution in [1.29, 1.82) is 5.41 Å². The average molecular weight is 187 g/mol. The van der Waals surface area contributed by atoms with Gasteiger partial charge in [0.2, 0.25) is 0 Å². The van der Waals surface area contributed by atoms with Crippen LogP contribution in [0.5, 0.6) is 0 Å². The first-order chi connectivity index (χ1) is 6.79. The molecule has 1 aromatic carbocycles. The molecule has 0 saturated carbocycles. The molecule has 0 spiro atoms. The molecule has 0 aliphatic carbocycles. The van der Waals surface area contributed by atoms with Crippen LogP contribution in [-0.2, 0) is 0 Å². The highest BCUT2D eigenvalue weighted by Gasteiger charge is 2.08. The topological polar surface area (TPSA) is 75.9 Å². The lowest BCUT2D eigenvalue weighted by Crippen LogP contribution is -2.03. The van der Waals surface area contributed by atoms with Crippen LogP contribution in [0.2, 0.25) is 0 Å². The summed E-state index contributed by atoms with van der Waals surface area (Å²) in [5, 5.41) is 11.4. The molecule has 0 saturated heterocycles. The van der Waals surface area contributed by atoms with E-state index in [0.29, 0.717) is 22.5 Å². The van der Waals surface area contributed by atoms with Gasteiger partial charge in [-0.15, -0.1) is 0 Å². The van der Waals surface area contributed by atoms with Gasteiger partial charge in [0.15, 0.2) is 0 Å². The number of aromatic nitrogens is 1. The zero-order chi connectivity index (χ0) is 9.97. The minimum Gasteiger partial charge on any atom is -0.398 e. The fraction of sp³-hybridized carbons (Fsp3) is 0. The van der Waals surface area contributed by atoms with Crippen molar-refractivity contribution in [1.82, 2.24) is 5.16 Å². The lowest BCUT2D eigenvalue weighted by Gasteiger charge is -2.03. The normalized spacial score (nSPS) is 10.0. The van der Waals surface area contributed by atoms with E-state index in [1.165, 1.54) is 12.5 Å². The van der Waals surface area contributed by atoms with E-state index in [4.69, 9.17) is 11.1 Å². The summed E-state index contributed by atoms with van der Waals surface area (Å²) in [6, 6.07) is 7.23. The number of nitrogens with two attached hydrogens (primary N) is 1. The Balaban J connectivity index is 2.42. The van der Waals surface area contributed by atoms with E-state index in [0.717, 1.165) is 0 Å². The van der Waals surface area contributed by atoms with Crippen molar-refractivity contribution in [2.45, 2.75) is 0 Å².